The van der Waals surface area contributed by atoms with Crippen LogP contribution in [0.5, 0.6) is 0 Å². The quantitative estimate of drug-likeness (QED) is 0.466. The van der Waals surface area contributed by atoms with Gasteiger partial charge in [0.25, 0.3) is 0 Å². The molecule has 0 bridgehead atoms. The summed E-state index contributed by atoms with van der Waals surface area (Å²) in [4.78, 5) is 0. The summed E-state index contributed by atoms with van der Waals surface area (Å²) in [5.41, 5.74) is 0. The van der Waals surface area contributed by atoms with Crippen LogP contribution in [0.4, 0.5) is 0 Å². The molecule has 0 nitrogen and oxygen atoms in total. The van der Waals surface area contributed by atoms with E-state index in [0.29, 0.717) is 0 Å². The van der Waals surface area contributed by atoms with E-state index in [-0.39, 0.29) is 71.9 Å². The van der Waals surface area contributed by atoms with Gasteiger partial charge in [-0.1, -0.05) is 0 Å². The molecule has 5 heteroatoms. The zero-order valence-electron chi connectivity index (χ0n) is 2.71. The molecule has 0 fully saturated rings. The molecule has 0 saturated heterocycles. The van der Waals surface area contributed by atoms with Gasteiger partial charge < -0.3 is 0 Å². The van der Waals surface area contributed by atoms with Gasteiger partial charge in [-0.25, -0.2) is 0 Å². The van der Waals surface area contributed by atoms with Crippen molar-refractivity contribution in [1.29, 1.82) is 0 Å². The predicted octanol–water partition coefficient (Wildman–Crippen LogP) is -0.733. The van der Waals surface area contributed by atoms with Crippen LogP contribution >= 0.6 is 54.0 Å². The summed E-state index contributed by atoms with van der Waals surface area (Å²) in [6.07, 6.45) is 0. The Morgan fingerprint density at radius 3 is 0.400 bits per heavy atom. The SMILES string of the molecule is S.S.S.S.[AsH3]. The van der Waals surface area contributed by atoms with E-state index < -0.39 is 0 Å². The molecule has 0 aromatic carbocycles. The summed E-state index contributed by atoms with van der Waals surface area (Å²) in [5, 5.41) is 0. The van der Waals surface area contributed by atoms with E-state index in [2.05, 4.69) is 0 Å². The van der Waals surface area contributed by atoms with Crippen molar-refractivity contribution in [3.63, 3.8) is 0 Å². The minimum atomic E-state index is 0. The Hall–Kier alpha value is 1.96. The Bertz CT molecular complexity index is 3.61. The summed E-state index contributed by atoms with van der Waals surface area (Å²) >= 11 is 0. The number of hydrogen-bond donors (Lipinski definition) is 0. The molecule has 0 aromatic rings. The van der Waals surface area contributed by atoms with Crippen LogP contribution in [-0.4, -0.2) is 18.0 Å². The molecule has 40 valence electrons. The first kappa shape index (κ1) is 64.4. The molecular weight excluding hydrogens is 203 g/mol. The van der Waals surface area contributed by atoms with Crippen LogP contribution in [0.25, 0.3) is 0 Å². The first-order valence-electron chi connectivity index (χ1n) is 0. The normalized spacial score (nSPS) is 0. The molecule has 0 amide bonds. The molecule has 0 spiro atoms. The zero-order valence-corrected chi connectivity index (χ0v) is 9.67. The Morgan fingerprint density at radius 2 is 0.400 bits per heavy atom. The van der Waals surface area contributed by atoms with E-state index in [4.69, 9.17) is 0 Å². The number of rotatable bonds is 0. The van der Waals surface area contributed by atoms with Crippen LogP contribution < -0.4 is 0 Å². The fourth-order valence-corrected chi connectivity index (χ4v) is 0. The average Bonchev–Trinajstić information content (AvgIpc) is 0. The van der Waals surface area contributed by atoms with Gasteiger partial charge >= 0.3 is 18.0 Å². The van der Waals surface area contributed by atoms with Crippen LogP contribution in [-0.2, 0) is 0 Å². The first-order chi connectivity index (χ1) is 0. The molecule has 0 saturated carbocycles. The van der Waals surface area contributed by atoms with Gasteiger partial charge in [-0.2, -0.15) is 54.0 Å². The van der Waals surface area contributed by atoms with Crippen LogP contribution in [0.3, 0.4) is 0 Å². The maximum atomic E-state index is 0. The molecular formula is H11AsS4. The Balaban J connectivity index is 0. The number of hydrogen-bond acceptors (Lipinski definition) is 0. The Labute approximate surface area is 71.6 Å². The van der Waals surface area contributed by atoms with E-state index in [9.17, 15) is 0 Å². The van der Waals surface area contributed by atoms with Crippen molar-refractivity contribution in [3.8, 4) is 0 Å². The van der Waals surface area contributed by atoms with Crippen molar-refractivity contribution in [3.05, 3.63) is 0 Å². The molecule has 1 atom stereocenters. The Morgan fingerprint density at radius 1 is 0.400 bits per heavy atom. The molecule has 0 aromatic heterocycles. The summed E-state index contributed by atoms with van der Waals surface area (Å²) in [5.74, 6) is 0. The van der Waals surface area contributed by atoms with Gasteiger partial charge in [0.15, 0.2) is 0 Å². The average molecular weight is 214 g/mol. The van der Waals surface area contributed by atoms with E-state index in [1.54, 1.807) is 0 Å². The topological polar surface area (TPSA) is 0 Å². The van der Waals surface area contributed by atoms with Gasteiger partial charge in [0.2, 0.25) is 0 Å². The van der Waals surface area contributed by atoms with Crippen LogP contribution in [0, 0.1) is 0 Å². The summed E-state index contributed by atoms with van der Waals surface area (Å²) in [6.45, 7) is 0. The minimum absolute atomic E-state index is 0. The van der Waals surface area contributed by atoms with Crippen LogP contribution in [0.2, 0.25) is 0 Å². The third-order valence-electron chi connectivity index (χ3n) is 0. The van der Waals surface area contributed by atoms with Gasteiger partial charge in [0.05, 0.1) is 0 Å². The molecule has 0 aliphatic rings. The second-order valence-corrected chi connectivity index (χ2v) is 0. The Kier molecular flexibility index (Phi) is 492. The van der Waals surface area contributed by atoms with E-state index in [1.807, 2.05) is 0 Å². The maximum absolute atomic E-state index is 0. The molecule has 0 heterocycles. The van der Waals surface area contributed by atoms with Gasteiger partial charge in [0.1, 0.15) is 0 Å². The molecule has 0 N–H and O–H groups in total. The van der Waals surface area contributed by atoms with E-state index in [0.717, 1.165) is 0 Å². The fourth-order valence-electron chi connectivity index (χ4n) is 0. The van der Waals surface area contributed by atoms with Crippen molar-refractivity contribution >= 4 is 71.9 Å². The van der Waals surface area contributed by atoms with Crippen molar-refractivity contribution in [1.82, 2.24) is 0 Å². The monoisotopic (exact) mass is 214 g/mol. The second kappa shape index (κ2) is 38.2. The zero-order chi connectivity index (χ0) is 0. The third-order valence-corrected chi connectivity index (χ3v) is 0. The van der Waals surface area contributed by atoms with Crippen molar-refractivity contribution in [2.75, 3.05) is 0 Å². The second-order valence-electron chi connectivity index (χ2n) is 0. The fraction of sp³-hybridized carbons (Fsp3) is 0. The molecule has 1 unspecified atom stereocenters. The van der Waals surface area contributed by atoms with Gasteiger partial charge in [0, 0.05) is 0 Å². The molecule has 0 radical (unpaired) electrons. The van der Waals surface area contributed by atoms with Crippen molar-refractivity contribution in [2.24, 2.45) is 0 Å². The van der Waals surface area contributed by atoms with Crippen molar-refractivity contribution < 1.29 is 0 Å². The molecule has 5 heavy (non-hydrogen) atoms. The summed E-state index contributed by atoms with van der Waals surface area (Å²) < 4.78 is 0. The van der Waals surface area contributed by atoms with E-state index in [1.165, 1.54) is 0 Å². The predicted molar refractivity (Wildman–Crippen MR) is 51.5 cm³/mol. The summed E-state index contributed by atoms with van der Waals surface area (Å²) in [6, 6.07) is 0. The molecule has 0 rings (SSSR count). The van der Waals surface area contributed by atoms with E-state index >= 15 is 0 Å². The van der Waals surface area contributed by atoms with Gasteiger partial charge in [-0.05, 0) is 0 Å². The standard InChI is InChI=1S/AsH3.4H2S/h1H3;4*1H2. The molecule has 0 aliphatic carbocycles. The van der Waals surface area contributed by atoms with Crippen LogP contribution in [0.1, 0.15) is 0 Å². The van der Waals surface area contributed by atoms with Gasteiger partial charge in [-0.15, -0.1) is 0 Å². The van der Waals surface area contributed by atoms with Gasteiger partial charge in [-0.3, -0.25) is 0 Å². The van der Waals surface area contributed by atoms with Crippen LogP contribution in [0.15, 0.2) is 0 Å². The molecule has 0 aliphatic heterocycles. The summed E-state index contributed by atoms with van der Waals surface area (Å²) in [7, 11) is 0. The first-order valence-corrected chi connectivity index (χ1v) is 0. The third kappa shape index (κ3) is 24.3. The van der Waals surface area contributed by atoms with Crippen molar-refractivity contribution in [2.45, 2.75) is 0 Å².